The summed E-state index contributed by atoms with van der Waals surface area (Å²) >= 11 is 0. The van der Waals surface area contributed by atoms with Crippen molar-refractivity contribution >= 4 is 5.69 Å². The van der Waals surface area contributed by atoms with E-state index in [0.29, 0.717) is 6.04 Å². The molecular weight excluding hydrogens is 174 g/mol. The number of rotatable bonds is 4. The van der Waals surface area contributed by atoms with Crippen LogP contribution < -0.4 is 10.1 Å². The summed E-state index contributed by atoms with van der Waals surface area (Å²) < 4.78 is 5.11. The Labute approximate surface area is 85.3 Å². The van der Waals surface area contributed by atoms with Gasteiger partial charge in [-0.15, -0.1) is 0 Å². The molecule has 1 saturated carbocycles. The van der Waals surface area contributed by atoms with Crippen LogP contribution in [0.15, 0.2) is 24.3 Å². The molecule has 0 spiro atoms. The Morgan fingerprint density at radius 3 is 2.43 bits per heavy atom. The first-order valence-corrected chi connectivity index (χ1v) is 5.20. The molecule has 1 aliphatic carbocycles. The molecule has 2 heteroatoms. The van der Waals surface area contributed by atoms with Gasteiger partial charge in [-0.1, -0.05) is 0 Å². The van der Waals surface area contributed by atoms with E-state index in [9.17, 15) is 0 Å². The van der Waals surface area contributed by atoms with E-state index in [2.05, 4.69) is 24.4 Å². The van der Waals surface area contributed by atoms with Crippen molar-refractivity contribution < 1.29 is 4.74 Å². The molecule has 1 aliphatic rings. The van der Waals surface area contributed by atoms with Crippen LogP contribution in [0.4, 0.5) is 5.69 Å². The molecule has 1 aromatic rings. The second kappa shape index (κ2) is 3.91. The average Bonchev–Trinajstić information content (AvgIpc) is 3.02. The first-order chi connectivity index (χ1) is 6.79. The van der Waals surface area contributed by atoms with Crippen LogP contribution in [0.2, 0.25) is 0 Å². The summed E-state index contributed by atoms with van der Waals surface area (Å²) in [7, 11) is 1.69. The third-order valence-corrected chi connectivity index (χ3v) is 2.81. The van der Waals surface area contributed by atoms with Crippen LogP contribution in [0.25, 0.3) is 0 Å². The fourth-order valence-electron chi connectivity index (χ4n) is 1.66. The lowest BCUT2D eigenvalue weighted by Crippen LogP contribution is -2.16. The Balaban J connectivity index is 1.95. The van der Waals surface area contributed by atoms with Gasteiger partial charge in [0, 0.05) is 11.7 Å². The van der Waals surface area contributed by atoms with E-state index in [0.717, 1.165) is 11.7 Å². The molecule has 0 heterocycles. The lowest BCUT2D eigenvalue weighted by Gasteiger charge is -2.14. The minimum Gasteiger partial charge on any atom is -0.497 e. The molecule has 0 bridgehead atoms. The van der Waals surface area contributed by atoms with E-state index in [1.807, 2.05) is 12.1 Å². The molecule has 76 valence electrons. The van der Waals surface area contributed by atoms with Gasteiger partial charge in [-0.25, -0.2) is 0 Å². The van der Waals surface area contributed by atoms with Crippen molar-refractivity contribution in [3.63, 3.8) is 0 Å². The zero-order chi connectivity index (χ0) is 9.97. The van der Waals surface area contributed by atoms with Crippen molar-refractivity contribution in [1.29, 1.82) is 0 Å². The maximum atomic E-state index is 5.11. The van der Waals surface area contributed by atoms with E-state index >= 15 is 0 Å². The van der Waals surface area contributed by atoms with Crippen molar-refractivity contribution in [3.05, 3.63) is 24.3 Å². The average molecular weight is 191 g/mol. The highest BCUT2D eigenvalue weighted by molar-refractivity contribution is 5.47. The number of hydrogen-bond donors (Lipinski definition) is 1. The molecule has 0 radical (unpaired) electrons. The Morgan fingerprint density at radius 2 is 1.93 bits per heavy atom. The van der Waals surface area contributed by atoms with Crippen LogP contribution >= 0.6 is 0 Å². The lowest BCUT2D eigenvalue weighted by molar-refractivity contribution is 0.415. The second-order valence-electron chi connectivity index (χ2n) is 4.00. The number of methoxy groups -OCH3 is 1. The Morgan fingerprint density at radius 1 is 1.29 bits per heavy atom. The normalized spacial score (nSPS) is 17.6. The van der Waals surface area contributed by atoms with Gasteiger partial charge in [-0.3, -0.25) is 0 Å². The van der Waals surface area contributed by atoms with E-state index < -0.39 is 0 Å². The molecule has 0 saturated heterocycles. The fourth-order valence-corrected chi connectivity index (χ4v) is 1.66. The highest BCUT2D eigenvalue weighted by atomic mass is 16.5. The zero-order valence-electron chi connectivity index (χ0n) is 8.79. The smallest absolute Gasteiger partial charge is 0.119 e. The van der Waals surface area contributed by atoms with E-state index in [1.54, 1.807) is 7.11 Å². The largest absolute Gasteiger partial charge is 0.497 e. The van der Waals surface area contributed by atoms with Gasteiger partial charge in [-0.05, 0) is 49.9 Å². The highest BCUT2D eigenvalue weighted by Gasteiger charge is 2.27. The minimum atomic E-state index is 0.600. The molecule has 0 amide bonds. The van der Waals surface area contributed by atoms with Crippen molar-refractivity contribution in [2.75, 3.05) is 12.4 Å². The molecule has 0 unspecified atom stereocenters. The number of ether oxygens (including phenoxy) is 1. The summed E-state index contributed by atoms with van der Waals surface area (Å²) in [4.78, 5) is 0. The monoisotopic (exact) mass is 191 g/mol. The summed E-state index contributed by atoms with van der Waals surface area (Å²) in [6.45, 7) is 2.25. The van der Waals surface area contributed by atoms with Crippen LogP contribution in [0.1, 0.15) is 19.8 Å². The molecule has 1 N–H and O–H groups in total. The number of nitrogens with one attached hydrogen (secondary N) is 1. The number of benzene rings is 1. The van der Waals surface area contributed by atoms with Gasteiger partial charge in [-0.2, -0.15) is 0 Å². The van der Waals surface area contributed by atoms with Crippen LogP contribution in [-0.4, -0.2) is 13.2 Å². The van der Waals surface area contributed by atoms with Crippen LogP contribution in [0.5, 0.6) is 5.75 Å². The van der Waals surface area contributed by atoms with Gasteiger partial charge >= 0.3 is 0 Å². The standard InChI is InChI=1S/C12H17NO/c1-9(10-3-4-10)13-11-5-7-12(14-2)8-6-11/h5-10,13H,3-4H2,1-2H3/t9-/m1/s1. The zero-order valence-corrected chi connectivity index (χ0v) is 8.79. The van der Waals surface area contributed by atoms with E-state index in [-0.39, 0.29) is 0 Å². The van der Waals surface area contributed by atoms with Gasteiger partial charge in [0.1, 0.15) is 5.75 Å². The first kappa shape index (κ1) is 9.38. The third kappa shape index (κ3) is 2.19. The molecule has 1 atom stereocenters. The Bertz CT molecular complexity index is 290. The predicted molar refractivity (Wildman–Crippen MR) is 58.8 cm³/mol. The van der Waals surface area contributed by atoms with Crippen molar-refractivity contribution in [3.8, 4) is 5.75 Å². The molecule has 0 aliphatic heterocycles. The Hall–Kier alpha value is -1.18. The third-order valence-electron chi connectivity index (χ3n) is 2.81. The molecule has 0 aromatic heterocycles. The second-order valence-corrected chi connectivity index (χ2v) is 4.00. The van der Waals surface area contributed by atoms with Crippen LogP contribution in [-0.2, 0) is 0 Å². The quantitative estimate of drug-likeness (QED) is 0.790. The van der Waals surface area contributed by atoms with Crippen LogP contribution in [0.3, 0.4) is 0 Å². The van der Waals surface area contributed by atoms with Crippen LogP contribution in [0, 0.1) is 5.92 Å². The summed E-state index contributed by atoms with van der Waals surface area (Å²) in [6, 6.07) is 8.71. The SMILES string of the molecule is COc1ccc(N[C@H](C)C2CC2)cc1. The summed E-state index contributed by atoms with van der Waals surface area (Å²) in [5.41, 5.74) is 1.19. The van der Waals surface area contributed by atoms with Gasteiger partial charge in [0.15, 0.2) is 0 Å². The molecule has 2 rings (SSSR count). The predicted octanol–water partition coefficient (Wildman–Crippen LogP) is 2.91. The van der Waals surface area contributed by atoms with Gasteiger partial charge < -0.3 is 10.1 Å². The van der Waals surface area contributed by atoms with Crippen molar-refractivity contribution in [1.82, 2.24) is 0 Å². The minimum absolute atomic E-state index is 0.600. The lowest BCUT2D eigenvalue weighted by atomic mass is 10.2. The van der Waals surface area contributed by atoms with Gasteiger partial charge in [0.25, 0.3) is 0 Å². The highest BCUT2D eigenvalue weighted by Crippen LogP contribution is 2.34. The summed E-state index contributed by atoms with van der Waals surface area (Å²) in [6.07, 6.45) is 2.76. The number of hydrogen-bond acceptors (Lipinski definition) is 2. The fraction of sp³-hybridized carbons (Fsp3) is 0.500. The number of anilines is 1. The summed E-state index contributed by atoms with van der Waals surface area (Å²) in [5.74, 6) is 1.80. The summed E-state index contributed by atoms with van der Waals surface area (Å²) in [5, 5.41) is 3.50. The maximum Gasteiger partial charge on any atom is 0.119 e. The first-order valence-electron chi connectivity index (χ1n) is 5.20. The van der Waals surface area contributed by atoms with Gasteiger partial charge in [0.05, 0.1) is 7.11 Å². The molecule has 1 aromatic carbocycles. The molecule has 14 heavy (non-hydrogen) atoms. The van der Waals surface area contributed by atoms with E-state index in [1.165, 1.54) is 18.5 Å². The maximum absolute atomic E-state index is 5.11. The van der Waals surface area contributed by atoms with Crippen molar-refractivity contribution in [2.45, 2.75) is 25.8 Å². The topological polar surface area (TPSA) is 21.3 Å². The molecule has 2 nitrogen and oxygen atoms in total. The van der Waals surface area contributed by atoms with Crippen molar-refractivity contribution in [2.24, 2.45) is 5.92 Å². The van der Waals surface area contributed by atoms with Gasteiger partial charge in [0.2, 0.25) is 0 Å². The Kier molecular flexibility index (Phi) is 2.62. The molecule has 1 fully saturated rings. The van der Waals surface area contributed by atoms with E-state index in [4.69, 9.17) is 4.74 Å². The molecular formula is C12H17NO.